The van der Waals surface area contributed by atoms with E-state index < -0.39 is 0 Å². The van der Waals surface area contributed by atoms with Crippen LogP contribution in [0.25, 0.3) is 0 Å². The van der Waals surface area contributed by atoms with Crippen molar-refractivity contribution >= 4 is 5.78 Å². The number of ketones is 1. The summed E-state index contributed by atoms with van der Waals surface area (Å²) in [5, 5.41) is 8.13. The Morgan fingerprint density at radius 3 is 2.90 bits per heavy atom. The van der Waals surface area contributed by atoms with Crippen molar-refractivity contribution < 1.29 is 4.79 Å². The molecule has 0 saturated heterocycles. The van der Waals surface area contributed by atoms with Gasteiger partial charge in [-0.05, 0) is 25.8 Å². The van der Waals surface area contributed by atoms with Crippen LogP contribution in [0.4, 0.5) is 0 Å². The smallest absolute Gasteiger partial charge is 0.152 e. The number of rotatable bonds is 4. The lowest BCUT2D eigenvalue weighted by Crippen LogP contribution is -1.79. The molecule has 0 saturated carbocycles. The summed E-state index contributed by atoms with van der Waals surface area (Å²) < 4.78 is 0. The Morgan fingerprint density at radius 1 is 1.70 bits per heavy atom. The number of carbonyl (C=O) groups excluding carboxylic acids is 1. The maximum absolute atomic E-state index is 10.3. The van der Waals surface area contributed by atoms with Crippen LogP contribution in [0.1, 0.15) is 26.2 Å². The highest BCUT2D eigenvalue weighted by Crippen LogP contribution is 1.94. The van der Waals surface area contributed by atoms with Gasteiger partial charge in [0.1, 0.15) is 0 Å². The maximum atomic E-state index is 10.3. The molecule has 0 aromatic rings. The molecule has 0 radical (unpaired) electrons. The fraction of sp³-hybridized carbons (Fsp3) is 0.500. The predicted molar refractivity (Wildman–Crippen MR) is 39.3 cm³/mol. The lowest BCUT2D eigenvalue weighted by Gasteiger charge is -1.84. The quantitative estimate of drug-likeness (QED) is 0.438. The SMILES string of the molecule is CC(=O)/C=C/CCCC#N. The van der Waals surface area contributed by atoms with E-state index in [-0.39, 0.29) is 5.78 Å². The van der Waals surface area contributed by atoms with Crippen molar-refractivity contribution in [3.63, 3.8) is 0 Å². The van der Waals surface area contributed by atoms with Crippen molar-refractivity contribution in [1.29, 1.82) is 5.26 Å². The highest BCUT2D eigenvalue weighted by molar-refractivity contribution is 5.87. The normalized spacial score (nSPS) is 9.60. The van der Waals surface area contributed by atoms with E-state index in [1.807, 2.05) is 6.07 Å². The zero-order valence-corrected chi connectivity index (χ0v) is 6.13. The van der Waals surface area contributed by atoms with Crippen LogP contribution in [-0.2, 0) is 4.79 Å². The summed E-state index contributed by atoms with van der Waals surface area (Å²) in [5.41, 5.74) is 0. The standard InChI is InChI=1S/C8H11NO/c1-8(10)6-4-2-3-5-7-9/h4,6H,2-3,5H2,1H3/b6-4+. The van der Waals surface area contributed by atoms with Crippen LogP contribution in [0.2, 0.25) is 0 Å². The molecular formula is C8H11NO. The Labute approximate surface area is 61.2 Å². The summed E-state index contributed by atoms with van der Waals surface area (Å²) in [6.45, 7) is 1.51. The molecule has 0 aromatic heterocycles. The fourth-order valence-electron chi connectivity index (χ4n) is 0.548. The Hall–Kier alpha value is -1.10. The van der Waals surface area contributed by atoms with E-state index in [0.29, 0.717) is 6.42 Å². The second-order valence-corrected chi connectivity index (χ2v) is 2.06. The molecule has 0 aliphatic rings. The first-order chi connectivity index (χ1) is 4.77. The summed E-state index contributed by atoms with van der Waals surface area (Å²) in [6, 6.07) is 2.04. The van der Waals surface area contributed by atoms with Crippen molar-refractivity contribution in [2.45, 2.75) is 26.2 Å². The van der Waals surface area contributed by atoms with Gasteiger partial charge in [-0.3, -0.25) is 4.79 Å². The Balaban J connectivity index is 3.20. The average molecular weight is 137 g/mol. The van der Waals surface area contributed by atoms with E-state index in [1.165, 1.54) is 13.0 Å². The molecule has 0 aliphatic heterocycles. The molecule has 0 aliphatic carbocycles. The van der Waals surface area contributed by atoms with Gasteiger partial charge in [0.2, 0.25) is 0 Å². The van der Waals surface area contributed by atoms with Gasteiger partial charge in [0.25, 0.3) is 0 Å². The summed E-state index contributed by atoms with van der Waals surface area (Å²) >= 11 is 0. The van der Waals surface area contributed by atoms with E-state index in [1.54, 1.807) is 6.08 Å². The first-order valence-electron chi connectivity index (χ1n) is 3.31. The zero-order chi connectivity index (χ0) is 7.82. The molecular weight excluding hydrogens is 126 g/mol. The van der Waals surface area contributed by atoms with Crippen molar-refractivity contribution in [2.75, 3.05) is 0 Å². The molecule has 10 heavy (non-hydrogen) atoms. The number of nitriles is 1. The van der Waals surface area contributed by atoms with Crippen LogP contribution < -0.4 is 0 Å². The molecule has 0 rings (SSSR count). The lowest BCUT2D eigenvalue weighted by atomic mass is 10.2. The van der Waals surface area contributed by atoms with Crippen molar-refractivity contribution in [2.24, 2.45) is 0 Å². The van der Waals surface area contributed by atoms with Gasteiger partial charge in [0.15, 0.2) is 5.78 Å². The second-order valence-electron chi connectivity index (χ2n) is 2.06. The molecule has 0 aromatic carbocycles. The van der Waals surface area contributed by atoms with Crippen LogP contribution in [-0.4, -0.2) is 5.78 Å². The van der Waals surface area contributed by atoms with E-state index >= 15 is 0 Å². The number of allylic oxidation sites excluding steroid dienone is 2. The summed E-state index contributed by atoms with van der Waals surface area (Å²) in [6.07, 6.45) is 5.59. The topological polar surface area (TPSA) is 40.9 Å². The van der Waals surface area contributed by atoms with Crippen molar-refractivity contribution in [1.82, 2.24) is 0 Å². The fourth-order valence-corrected chi connectivity index (χ4v) is 0.548. The molecule has 0 heterocycles. The molecule has 0 N–H and O–H groups in total. The summed E-state index contributed by atoms with van der Waals surface area (Å²) in [5.74, 6) is 0.0666. The predicted octanol–water partition coefficient (Wildman–Crippen LogP) is 1.83. The van der Waals surface area contributed by atoms with Gasteiger partial charge in [-0.15, -0.1) is 0 Å². The third kappa shape index (κ3) is 6.90. The van der Waals surface area contributed by atoms with Gasteiger partial charge in [0.05, 0.1) is 6.07 Å². The maximum Gasteiger partial charge on any atom is 0.152 e. The highest BCUT2D eigenvalue weighted by Gasteiger charge is 1.82. The number of hydrogen-bond acceptors (Lipinski definition) is 2. The molecule has 54 valence electrons. The molecule has 2 nitrogen and oxygen atoms in total. The number of hydrogen-bond donors (Lipinski definition) is 0. The van der Waals surface area contributed by atoms with Crippen LogP contribution in [0, 0.1) is 11.3 Å². The van der Waals surface area contributed by atoms with Gasteiger partial charge in [-0.25, -0.2) is 0 Å². The van der Waals surface area contributed by atoms with E-state index in [9.17, 15) is 4.79 Å². The van der Waals surface area contributed by atoms with Crippen LogP contribution in [0.15, 0.2) is 12.2 Å². The zero-order valence-electron chi connectivity index (χ0n) is 6.13. The minimum absolute atomic E-state index is 0.0666. The first-order valence-corrected chi connectivity index (χ1v) is 3.31. The summed E-state index contributed by atoms with van der Waals surface area (Å²) in [4.78, 5) is 10.3. The van der Waals surface area contributed by atoms with E-state index in [4.69, 9.17) is 5.26 Å². The molecule has 2 heteroatoms. The van der Waals surface area contributed by atoms with Gasteiger partial charge < -0.3 is 0 Å². The third-order valence-corrected chi connectivity index (χ3v) is 1.01. The third-order valence-electron chi connectivity index (χ3n) is 1.01. The van der Waals surface area contributed by atoms with E-state index in [2.05, 4.69) is 0 Å². The Kier molecular flexibility index (Phi) is 5.36. The largest absolute Gasteiger partial charge is 0.295 e. The summed E-state index contributed by atoms with van der Waals surface area (Å²) in [7, 11) is 0. The Bertz CT molecular complexity index is 165. The molecule has 0 unspecified atom stereocenters. The molecule has 0 bridgehead atoms. The van der Waals surface area contributed by atoms with Gasteiger partial charge in [-0.1, -0.05) is 6.08 Å². The van der Waals surface area contributed by atoms with Crippen LogP contribution in [0.5, 0.6) is 0 Å². The second kappa shape index (κ2) is 6.03. The lowest BCUT2D eigenvalue weighted by molar-refractivity contribution is -0.112. The highest BCUT2D eigenvalue weighted by atomic mass is 16.1. The van der Waals surface area contributed by atoms with Gasteiger partial charge in [0, 0.05) is 6.42 Å². The number of unbranched alkanes of at least 4 members (excludes halogenated alkanes) is 2. The number of nitrogens with zero attached hydrogens (tertiary/aromatic N) is 1. The van der Waals surface area contributed by atoms with Crippen LogP contribution in [0.3, 0.4) is 0 Å². The molecule has 0 spiro atoms. The van der Waals surface area contributed by atoms with Gasteiger partial charge >= 0.3 is 0 Å². The van der Waals surface area contributed by atoms with Crippen molar-refractivity contribution in [3.05, 3.63) is 12.2 Å². The van der Waals surface area contributed by atoms with E-state index in [0.717, 1.165) is 12.8 Å². The molecule has 0 atom stereocenters. The monoisotopic (exact) mass is 137 g/mol. The molecule has 0 amide bonds. The minimum Gasteiger partial charge on any atom is -0.295 e. The molecule has 0 fully saturated rings. The first kappa shape index (κ1) is 8.90. The minimum atomic E-state index is 0.0666. The average Bonchev–Trinajstić information content (AvgIpc) is 1.87. The van der Waals surface area contributed by atoms with Gasteiger partial charge in [-0.2, -0.15) is 5.26 Å². The van der Waals surface area contributed by atoms with Crippen LogP contribution >= 0.6 is 0 Å². The Morgan fingerprint density at radius 2 is 2.40 bits per heavy atom. The number of carbonyl (C=O) groups is 1. The van der Waals surface area contributed by atoms with Crippen molar-refractivity contribution in [3.8, 4) is 6.07 Å².